The molecule has 1 heterocycles. The zero-order valence-electron chi connectivity index (χ0n) is 18.4. The van der Waals surface area contributed by atoms with Gasteiger partial charge in [0, 0.05) is 41.5 Å². The van der Waals surface area contributed by atoms with Crippen LogP contribution in [0.15, 0.2) is 30.3 Å². The predicted molar refractivity (Wildman–Crippen MR) is 113 cm³/mol. The molecule has 0 bridgehead atoms. The van der Waals surface area contributed by atoms with E-state index in [1.165, 1.54) is 18.2 Å². The van der Waals surface area contributed by atoms with Gasteiger partial charge in [0.15, 0.2) is 0 Å². The molecule has 1 N–H and O–H groups in total. The van der Waals surface area contributed by atoms with E-state index in [1.807, 2.05) is 32.3 Å². The van der Waals surface area contributed by atoms with Crippen LogP contribution in [0.2, 0.25) is 0 Å². The number of amides is 1. The summed E-state index contributed by atoms with van der Waals surface area (Å²) in [5, 5.41) is 2.71. The number of hydrogen-bond donors (Lipinski definition) is 1. The number of esters is 1. The Balaban J connectivity index is 2.33. The Morgan fingerprint density at radius 1 is 1.13 bits per heavy atom. The molecule has 0 aliphatic heterocycles. The third kappa shape index (κ3) is 5.68. The highest BCUT2D eigenvalue weighted by molar-refractivity contribution is 6.05. The number of nitrogens with one attached hydrogen (secondary N) is 1. The maximum atomic E-state index is 13.6. The minimum Gasteiger partial charge on any atom is -0.466 e. The van der Waals surface area contributed by atoms with Gasteiger partial charge >= 0.3 is 5.97 Å². The first kappa shape index (κ1) is 23.6. The van der Waals surface area contributed by atoms with Gasteiger partial charge in [0.05, 0.1) is 18.6 Å². The lowest BCUT2D eigenvalue weighted by Gasteiger charge is -2.22. The molecule has 0 aliphatic carbocycles. The standard InChI is InChI=1S/C23H30F2N2O3/c1-7-30-20(28)11-12-27-15(2)18(14-19(27)22(3,4)5)21(29)26-17-10-8-9-16(13-17)23(6,24)25/h8-10,13-14H,7,11-12H2,1-6H3,(H,26,29). The number of benzene rings is 1. The number of hydrogen-bond acceptors (Lipinski definition) is 3. The average Bonchev–Trinajstić information content (AvgIpc) is 2.96. The van der Waals surface area contributed by atoms with Crippen molar-refractivity contribution >= 4 is 17.6 Å². The summed E-state index contributed by atoms with van der Waals surface area (Å²) in [5.74, 6) is -3.68. The van der Waals surface area contributed by atoms with Gasteiger partial charge in [-0.25, -0.2) is 8.78 Å². The Labute approximate surface area is 176 Å². The fraction of sp³-hybridized carbons (Fsp3) is 0.478. The van der Waals surface area contributed by atoms with Gasteiger partial charge in [0.2, 0.25) is 0 Å². The lowest BCUT2D eigenvalue weighted by molar-refractivity contribution is -0.143. The van der Waals surface area contributed by atoms with E-state index in [9.17, 15) is 18.4 Å². The first-order chi connectivity index (χ1) is 13.8. The molecule has 0 saturated heterocycles. The Bertz CT molecular complexity index is 922. The molecule has 2 aromatic rings. The quantitative estimate of drug-likeness (QED) is 0.609. The normalized spacial score (nSPS) is 12.0. The fourth-order valence-electron chi connectivity index (χ4n) is 3.29. The van der Waals surface area contributed by atoms with Crippen molar-refractivity contribution in [3.8, 4) is 0 Å². The summed E-state index contributed by atoms with van der Waals surface area (Å²) in [4.78, 5) is 24.7. The molecule has 164 valence electrons. The molecule has 1 aromatic heterocycles. The van der Waals surface area contributed by atoms with Gasteiger partial charge in [-0.2, -0.15) is 0 Å². The Hall–Kier alpha value is -2.70. The second-order valence-electron chi connectivity index (χ2n) is 8.41. The highest BCUT2D eigenvalue weighted by Gasteiger charge is 2.27. The van der Waals surface area contributed by atoms with Crippen molar-refractivity contribution in [1.82, 2.24) is 4.57 Å². The van der Waals surface area contributed by atoms with E-state index in [4.69, 9.17) is 4.74 Å². The van der Waals surface area contributed by atoms with Crippen molar-refractivity contribution in [1.29, 1.82) is 0 Å². The summed E-state index contributed by atoms with van der Waals surface area (Å²) in [6.45, 7) is 11.2. The van der Waals surface area contributed by atoms with Crippen LogP contribution in [0.4, 0.5) is 14.5 Å². The molecule has 0 unspecified atom stereocenters. The van der Waals surface area contributed by atoms with Crippen LogP contribution in [-0.2, 0) is 27.4 Å². The molecule has 1 amide bonds. The van der Waals surface area contributed by atoms with Gasteiger partial charge in [-0.15, -0.1) is 0 Å². The molecule has 0 atom stereocenters. The molecular weight excluding hydrogens is 390 g/mol. The number of carbonyl (C=O) groups excluding carboxylic acids is 2. The van der Waals surface area contributed by atoms with Crippen molar-refractivity contribution < 1.29 is 23.1 Å². The van der Waals surface area contributed by atoms with Gasteiger partial charge in [-0.05, 0) is 32.0 Å². The Morgan fingerprint density at radius 3 is 2.37 bits per heavy atom. The van der Waals surface area contributed by atoms with Gasteiger partial charge in [-0.3, -0.25) is 9.59 Å². The van der Waals surface area contributed by atoms with Crippen LogP contribution in [-0.4, -0.2) is 23.1 Å². The van der Waals surface area contributed by atoms with E-state index in [-0.39, 0.29) is 29.3 Å². The highest BCUT2D eigenvalue weighted by Crippen LogP contribution is 2.30. The third-order valence-electron chi connectivity index (χ3n) is 4.85. The van der Waals surface area contributed by atoms with E-state index in [0.717, 1.165) is 12.6 Å². The monoisotopic (exact) mass is 420 g/mol. The third-order valence-corrected chi connectivity index (χ3v) is 4.85. The van der Waals surface area contributed by atoms with Crippen LogP contribution in [0.1, 0.15) is 68.3 Å². The summed E-state index contributed by atoms with van der Waals surface area (Å²) < 4.78 is 34.2. The number of alkyl halides is 2. The van der Waals surface area contributed by atoms with Crippen LogP contribution >= 0.6 is 0 Å². The number of anilines is 1. The molecule has 0 radical (unpaired) electrons. The van der Waals surface area contributed by atoms with E-state index < -0.39 is 5.92 Å². The average molecular weight is 421 g/mol. The van der Waals surface area contributed by atoms with Crippen LogP contribution < -0.4 is 5.32 Å². The van der Waals surface area contributed by atoms with Crippen molar-refractivity contribution in [2.45, 2.75) is 65.8 Å². The Morgan fingerprint density at radius 2 is 1.80 bits per heavy atom. The maximum Gasteiger partial charge on any atom is 0.307 e. The number of nitrogens with zero attached hydrogens (tertiary/aromatic N) is 1. The lowest BCUT2D eigenvalue weighted by Crippen LogP contribution is -2.20. The minimum atomic E-state index is -2.99. The van der Waals surface area contributed by atoms with Crippen LogP contribution in [0.5, 0.6) is 0 Å². The molecule has 0 saturated carbocycles. The predicted octanol–water partition coefficient (Wildman–Crippen LogP) is 5.41. The summed E-state index contributed by atoms with van der Waals surface area (Å²) in [6.07, 6.45) is 0.196. The zero-order valence-corrected chi connectivity index (χ0v) is 18.4. The van der Waals surface area contributed by atoms with Gasteiger partial charge in [0.1, 0.15) is 0 Å². The van der Waals surface area contributed by atoms with E-state index in [0.29, 0.717) is 30.1 Å². The van der Waals surface area contributed by atoms with E-state index >= 15 is 0 Å². The van der Waals surface area contributed by atoms with Crippen molar-refractivity contribution in [3.05, 3.63) is 52.8 Å². The maximum absolute atomic E-state index is 13.6. The molecule has 30 heavy (non-hydrogen) atoms. The summed E-state index contributed by atoms with van der Waals surface area (Å²) >= 11 is 0. The number of aromatic nitrogens is 1. The summed E-state index contributed by atoms with van der Waals surface area (Å²) in [5.41, 5.74) is 1.93. The van der Waals surface area contributed by atoms with Crippen LogP contribution in [0, 0.1) is 6.92 Å². The van der Waals surface area contributed by atoms with Crippen LogP contribution in [0.3, 0.4) is 0 Å². The number of halogens is 2. The van der Waals surface area contributed by atoms with E-state index in [2.05, 4.69) is 5.32 Å². The van der Waals surface area contributed by atoms with Crippen molar-refractivity contribution in [2.24, 2.45) is 0 Å². The molecule has 5 nitrogen and oxygen atoms in total. The van der Waals surface area contributed by atoms with Crippen molar-refractivity contribution in [3.63, 3.8) is 0 Å². The number of ether oxygens (including phenoxy) is 1. The fourth-order valence-corrected chi connectivity index (χ4v) is 3.29. The molecule has 2 rings (SSSR count). The molecule has 0 aliphatic rings. The zero-order chi connectivity index (χ0) is 22.7. The molecule has 0 spiro atoms. The minimum absolute atomic E-state index is 0.167. The molecule has 7 heteroatoms. The van der Waals surface area contributed by atoms with E-state index in [1.54, 1.807) is 19.1 Å². The Kier molecular flexibility index (Phi) is 7.06. The highest BCUT2D eigenvalue weighted by atomic mass is 19.3. The second kappa shape index (κ2) is 8.98. The summed E-state index contributed by atoms with van der Waals surface area (Å²) in [6, 6.07) is 7.46. The first-order valence-corrected chi connectivity index (χ1v) is 10.0. The van der Waals surface area contributed by atoms with Gasteiger partial charge < -0.3 is 14.6 Å². The van der Waals surface area contributed by atoms with Gasteiger partial charge in [-0.1, -0.05) is 32.9 Å². The van der Waals surface area contributed by atoms with Crippen molar-refractivity contribution in [2.75, 3.05) is 11.9 Å². The SMILES string of the molecule is CCOC(=O)CCn1c(C(C)(C)C)cc(C(=O)Nc2cccc(C(C)(F)F)c2)c1C. The number of rotatable bonds is 7. The first-order valence-electron chi connectivity index (χ1n) is 10.0. The van der Waals surface area contributed by atoms with Crippen LogP contribution in [0.25, 0.3) is 0 Å². The second-order valence-corrected chi connectivity index (χ2v) is 8.41. The topological polar surface area (TPSA) is 60.3 Å². The molecule has 0 fully saturated rings. The number of carbonyl (C=O) groups is 2. The van der Waals surface area contributed by atoms with Gasteiger partial charge in [0.25, 0.3) is 11.8 Å². The molecule has 1 aromatic carbocycles. The summed E-state index contributed by atoms with van der Waals surface area (Å²) in [7, 11) is 0. The largest absolute Gasteiger partial charge is 0.466 e. The molecular formula is C23H30F2N2O3. The lowest BCUT2D eigenvalue weighted by atomic mass is 9.91. The smallest absolute Gasteiger partial charge is 0.307 e.